The zero-order valence-corrected chi connectivity index (χ0v) is 9.54. The van der Waals surface area contributed by atoms with Crippen LogP contribution >= 0.6 is 0 Å². The number of nitrogens with zero attached hydrogens (tertiary/aromatic N) is 4. The van der Waals surface area contributed by atoms with Crippen LogP contribution in [-0.4, -0.2) is 65.2 Å². The summed E-state index contributed by atoms with van der Waals surface area (Å²) in [6.07, 6.45) is -3.15. The van der Waals surface area contributed by atoms with E-state index in [1.54, 1.807) is 0 Å². The van der Waals surface area contributed by atoms with Crippen LogP contribution in [0.15, 0.2) is 11.1 Å². The minimum Gasteiger partial charge on any atom is -0.394 e. The van der Waals surface area contributed by atoms with Crippen LogP contribution < -0.4 is 5.56 Å². The summed E-state index contributed by atoms with van der Waals surface area (Å²) in [4.78, 5) is 15.3. The van der Waals surface area contributed by atoms with Crippen LogP contribution in [0.5, 0.6) is 0 Å². The third-order valence-electron chi connectivity index (χ3n) is 3.07. The van der Waals surface area contributed by atoms with Gasteiger partial charge in [0.05, 0.1) is 12.9 Å². The molecular weight excluding hydrogens is 258 g/mol. The fourth-order valence-corrected chi connectivity index (χ4v) is 2.08. The molecule has 0 saturated carbocycles. The maximum Gasteiger partial charge on any atom is 0.295 e. The fourth-order valence-electron chi connectivity index (χ4n) is 2.08. The van der Waals surface area contributed by atoms with Crippen LogP contribution in [0.3, 0.4) is 0 Å². The predicted octanol–water partition coefficient (Wildman–Crippen LogP) is -2.87. The zero-order valence-electron chi connectivity index (χ0n) is 9.54. The van der Waals surface area contributed by atoms with Crippen LogP contribution in [0.1, 0.15) is 6.23 Å². The van der Waals surface area contributed by atoms with Gasteiger partial charge in [-0.3, -0.25) is 9.36 Å². The number of aliphatic hydroxyl groups excluding tert-OH is 3. The average molecular weight is 269 g/mol. The van der Waals surface area contributed by atoms with Crippen LogP contribution in [0.2, 0.25) is 0 Å². The van der Waals surface area contributed by atoms with E-state index in [4.69, 9.17) is 9.84 Å². The third-order valence-corrected chi connectivity index (χ3v) is 3.07. The molecule has 1 aliphatic heterocycles. The van der Waals surface area contributed by atoms with Crippen molar-refractivity contribution in [3.8, 4) is 0 Å². The molecule has 10 nitrogen and oxygen atoms in total. The third kappa shape index (κ3) is 1.73. The standard InChI is InChI=1S/C9H11N5O5/c15-1-3-5(16)6(17)9(19-3)14-2-10-4-7(14)11-13-12-8(4)18/h2-3,5-6,9,15-17H,1H2,(H,11,12,18)/t3-,5+,6-,9-/m0/s1. The van der Waals surface area contributed by atoms with Gasteiger partial charge in [-0.05, 0) is 0 Å². The molecule has 2 aromatic rings. The van der Waals surface area contributed by atoms with Crippen molar-refractivity contribution in [3.63, 3.8) is 0 Å². The van der Waals surface area contributed by atoms with Gasteiger partial charge in [0.2, 0.25) is 0 Å². The molecule has 0 spiro atoms. The number of imidazole rings is 1. The lowest BCUT2D eigenvalue weighted by molar-refractivity contribution is -0.0511. The highest BCUT2D eigenvalue weighted by atomic mass is 16.6. The Hall–Kier alpha value is -1.88. The van der Waals surface area contributed by atoms with Crippen molar-refractivity contribution in [1.82, 2.24) is 25.0 Å². The van der Waals surface area contributed by atoms with Crippen molar-refractivity contribution in [2.75, 3.05) is 6.61 Å². The molecule has 4 N–H and O–H groups in total. The predicted molar refractivity (Wildman–Crippen MR) is 59.0 cm³/mol. The number of fused-ring (bicyclic) bond motifs is 1. The Balaban J connectivity index is 2.06. The molecule has 19 heavy (non-hydrogen) atoms. The number of aromatic nitrogens is 5. The zero-order chi connectivity index (χ0) is 13.6. The summed E-state index contributed by atoms with van der Waals surface area (Å²) < 4.78 is 6.61. The molecule has 1 aliphatic rings. The van der Waals surface area contributed by atoms with E-state index in [1.165, 1.54) is 10.9 Å². The Morgan fingerprint density at radius 1 is 1.42 bits per heavy atom. The average Bonchev–Trinajstić information content (AvgIpc) is 2.94. The van der Waals surface area contributed by atoms with Crippen LogP contribution in [0, 0.1) is 0 Å². The number of rotatable bonds is 2. The molecule has 1 saturated heterocycles. The highest BCUT2D eigenvalue weighted by Gasteiger charge is 2.44. The first-order chi connectivity index (χ1) is 9.13. The number of hydrogen-bond acceptors (Lipinski definition) is 8. The van der Waals surface area contributed by atoms with Crippen molar-refractivity contribution in [2.24, 2.45) is 0 Å². The number of hydrogen-bond donors (Lipinski definition) is 4. The van der Waals surface area contributed by atoms with Gasteiger partial charge in [0.1, 0.15) is 18.3 Å². The van der Waals surface area contributed by atoms with Crippen molar-refractivity contribution < 1.29 is 20.1 Å². The summed E-state index contributed by atoms with van der Waals surface area (Å²) in [7, 11) is 0. The Labute approximate surface area is 105 Å². The molecule has 0 unspecified atom stereocenters. The Morgan fingerprint density at radius 3 is 2.89 bits per heavy atom. The van der Waals surface area contributed by atoms with Crippen molar-refractivity contribution in [1.29, 1.82) is 0 Å². The first kappa shape index (κ1) is 12.2. The van der Waals surface area contributed by atoms with Gasteiger partial charge in [0, 0.05) is 0 Å². The van der Waals surface area contributed by atoms with Gasteiger partial charge >= 0.3 is 0 Å². The second kappa shape index (κ2) is 4.35. The quantitative estimate of drug-likeness (QED) is 0.455. The van der Waals surface area contributed by atoms with E-state index in [2.05, 4.69) is 20.4 Å². The van der Waals surface area contributed by atoms with Gasteiger partial charge < -0.3 is 20.1 Å². The minimum atomic E-state index is -1.27. The lowest BCUT2D eigenvalue weighted by Crippen LogP contribution is -2.33. The SMILES string of the molecule is O=c1[nH]nnc2c1ncn2[C@H]1O[C@@H](CO)[C@@H](O)[C@@H]1O. The maximum atomic E-state index is 11.4. The number of H-pyrrole nitrogens is 1. The Morgan fingerprint density at radius 2 is 2.21 bits per heavy atom. The minimum absolute atomic E-state index is 0.0488. The smallest absolute Gasteiger partial charge is 0.295 e. The van der Waals surface area contributed by atoms with E-state index in [9.17, 15) is 15.0 Å². The van der Waals surface area contributed by atoms with Crippen LogP contribution in [0.4, 0.5) is 0 Å². The Kier molecular flexibility index (Phi) is 2.78. The molecule has 4 atom stereocenters. The summed E-state index contributed by atoms with van der Waals surface area (Å²) in [5.41, 5.74) is -0.346. The van der Waals surface area contributed by atoms with E-state index in [0.717, 1.165) is 0 Å². The summed E-state index contributed by atoms with van der Waals surface area (Å²) in [6, 6.07) is 0. The fraction of sp³-hybridized carbons (Fsp3) is 0.556. The summed E-state index contributed by atoms with van der Waals surface area (Å²) >= 11 is 0. The largest absolute Gasteiger partial charge is 0.394 e. The molecular formula is C9H11N5O5. The van der Waals surface area contributed by atoms with Gasteiger partial charge in [-0.15, -0.1) is 5.10 Å². The van der Waals surface area contributed by atoms with Gasteiger partial charge in [-0.1, -0.05) is 5.21 Å². The molecule has 3 heterocycles. The molecule has 0 bridgehead atoms. The van der Waals surface area contributed by atoms with Gasteiger partial charge in [0.25, 0.3) is 5.56 Å². The molecule has 10 heteroatoms. The van der Waals surface area contributed by atoms with E-state index in [1.807, 2.05) is 0 Å². The number of nitrogens with one attached hydrogen (secondary N) is 1. The number of aliphatic hydroxyl groups is 3. The monoisotopic (exact) mass is 269 g/mol. The van der Waals surface area contributed by atoms with Crippen molar-refractivity contribution in [2.45, 2.75) is 24.5 Å². The number of ether oxygens (including phenoxy) is 1. The highest BCUT2D eigenvalue weighted by molar-refractivity contribution is 5.68. The molecule has 0 radical (unpaired) electrons. The topological polar surface area (TPSA) is 146 Å². The van der Waals surface area contributed by atoms with E-state index >= 15 is 0 Å². The second-order valence-corrected chi connectivity index (χ2v) is 4.19. The van der Waals surface area contributed by atoms with E-state index < -0.39 is 36.7 Å². The molecule has 2 aromatic heterocycles. The normalized spacial score (nSPS) is 31.1. The molecule has 0 amide bonds. The summed E-state index contributed by atoms with van der Waals surface area (Å²) in [6.45, 7) is -0.437. The first-order valence-corrected chi connectivity index (χ1v) is 5.54. The van der Waals surface area contributed by atoms with E-state index in [0.29, 0.717) is 0 Å². The molecule has 0 aromatic carbocycles. The second-order valence-electron chi connectivity index (χ2n) is 4.19. The van der Waals surface area contributed by atoms with Crippen LogP contribution in [-0.2, 0) is 4.74 Å². The van der Waals surface area contributed by atoms with Gasteiger partial charge in [-0.2, -0.15) is 0 Å². The highest BCUT2D eigenvalue weighted by Crippen LogP contribution is 2.30. The molecule has 102 valence electrons. The molecule has 1 fully saturated rings. The lowest BCUT2D eigenvalue weighted by Gasteiger charge is -2.15. The van der Waals surface area contributed by atoms with Crippen LogP contribution in [0.25, 0.3) is 11.2 Å². The van der Waals surface area contributed by atoms with Gasteiger partial charge in [-0.25, -0.2) is 10.1 Å². The molecule has 3 rings (SSSR count). The number of aromatic amines is 1. The Bertz CT molecular complexity index is 654. The van der Waals surface area contributed by atoms with Crippen molar-refractivity contribution >= 4 is 11.2 Å². The summed E-state index contributed by atoms with van der Waals surface area (Å²) in [5, 5.41) is 37.8. The lowest BCUT2D eigenvalue weighted by atomic mass is 10.1. The summed E-state index contributed by atoms with van der Waals surface area (Å²) in [5.74, 6) is 0. The van der Waals surface area contributed by atoms with Gasteiger partial charge in [0.15, 0.2) is 17.4 Å². The van der Waals surface area contributed by atoms with Crippen molar-refractivity contribution in [3.05, 3.63) is 16.7 Å². The maximum absolute atomic E-state index is 11.4. The molecule has 0 aliphatic carbocycles. The van der Waals surface area contributed by atoms with E-state index in [-0.39, 0.29) is 11.2 Å². The first-order valence-electron chi connectivity index (χ1n) is 5.54.